The van der Waals surface area contributed by atoms with E-state index in [9.17, 15) is 4.79 Å². The quantitative estimate of drug-likeness (QED) is 0.673. The normalized spacial score (nSPS) is 24.3. The molecular formula is C11H21ClN2O. The Morgan fingerprint density at radius 2 is 2.07 bits per heavy atom. The Bertz CT molecular complexity index is 243. The lowest BCUT2D eigenvalue weighted by Crippen LogP contribution is -2.55. The van der Waals surface area contributed by atoms with Gasteiger partial charge in [0.15, 0.2) is 0 Å². The highest BCUT2D eigenvalue weighted by atomic mass is 35.5. The summed E-state index contributed by atoms with van der Waals surface area (Å²) in [7, 11) is 2.10. The summed E-state index contributed by atoms with van der Waals surface area (Å²) in [6, 6.07) is 0.439. The highest BCUT2D eigenvalue weighted by Crippen LogP contribution is 2.22. The molecule has 0 aromatic carbocycles. The van der Waals surface area contributed by atoms with Crippen LogP contribution in [0, 0.1) is 5.41 Å². The van der Waals surface area contributed by atoms with Gasteiger partial charge in [0.1, 0.15) is 0 Å². The molecule has 1 aliphatic rings. The topological polar surface area (TPSA) is 23.6 Å². The molecule has 0 bridgehead atoms. The Balaban J connectivity index is 2.62. The molecule has 0 aromatic heterocycles. The van der Waals surface area contributed by atoms with Crippen LogP contribution >= 0.6 is 11.6 Å². The third-order valence-electron chi connectivity index (χ3n) is 3.16. The molecule has 1 heterocycles. The smallest absolute Gasteiger partial charge is 0.229 e. The molecule has 4 heteroatoms. The lowest BCUT2D eigenvalue weighted by Gasteiger charge is -2.40. The van der Waals surface area contributed by atoms with Crippen LogP contribution in [0.5, 0.6) is 0 Å². The van der Waals surface area contributed by atoms with E-state index in [0.717, 1.165) is 19.6 Å². The van der Waals surface area contributed by atoms with Crippen LogP contribution in [0.2, 0.25) is 0 Å². The average Bonchev–Trinajstić information content (AvgIpc) is 2.21. The molecule has 0 N–H and O–H groups in total. The Morgan fingerprint density at radius 3 is 2.53 bits per heavy atom. The van der Waals surface area contributed by atoms with Gasteiger partial charge < -0.3 is 9.80 Å². The minimum Gasteiger partial charge on any atom is -0.339 e. The van der Waals surface area contributed by atoms with Gasteiger partial charge in [0.25, 0.3) is 0 Å². The van der Waals surface area contributed by atoms with Crippen molar-refractivity contribution in [2.24, 2.45) is 5.41 Å². The molecule has 88 valence electrons. The van der Waals surface area contributed by atoms with Crippen LogP contribution in [0.3, 0.4) is 0 Å². The molecule has 1 aliphatic heterocycles. The van der Waals surface area contributed by atoms with Crippen LogP contribution in [0.25, 0.3) is 0 Å². The number of piperazine rings is 1. The van der Waals surface area contributed by atoms with Crippen molar-refractivity contribution < 1.29 is 4.79 Å². The van der Waals surface area contributed by atoms with Gasteiger partial charge >= 0.3 is 0 Å². The van der Waals surface area contributed by atoms with Crippen LogP contribution in [0.15, 0.2) is 0 Å². The molecule has 0 spiro atoms. The fraction of sp³-hybridized carbons (Fsp3) is 0.909. The molecular weight excluding hydrogens is 212 g/mol. The minimum atomic E-state index is -0.433. The van der Waals surface area contributed by atoms with Gasteiger partial charge in [-0.05, 0) is 27.8 Å². The molecule has 1 rings (SSSR count). The van der Waals surface area contributed by atoms with Gasteiger partial charge in [-0.1, -0.05) is 0 Å². The Labute approximate surface area is 97.4 Å². The van der Waals surface area contributed by atoms with Crippen LogP contribution < -0.4 is 0 Å². The highest BCUT2D eigenvalue weighted by molar-refractivity contribution is 6.19. The zero-order chi connectivity index (χ0) is 11.6. The van der Waals surface area contributed by atoms with Gasteiger partial charge in [-0.3, -0.25) is 4.79 Å². The van der Waals surface area contributed by atoms with Crippen molar-refractivity contribution in [2.45, 2.75) is 26.8 Å². The number of amides is 1. The van der Waals surface area contributed by atoms with E-state index in [1.165, 1.54) is 0 Å². The first-order valence-electron chi connectivity index (χ1n) is 5.44. The van der Waals surface area contributed by atoms with Crippen molar-refractivity contribution in [1.82, 2.24) is 9.80 Å². The summed E-state index contributed by atoms with van der Waals surface area (Å²) in [5.74, 6) is 0.560. The summed E-state index contributed by atoms with van der Waals surface area (Å²) in [6.07, 6.45) is 0. The maximum absolute atomic E-state index is 12.1. The van der Waals surface area contributed by atoms with E-state index in [4.69, 9.17) is 11.6 Å². The third kappa shape index (κ3) is 2.85. The summed E-state index contributed by atoms with van der Waals surface area (Å²) in [4.78, 5) is 16.3. The van der Waals surface area contributed by atoms with Crippen molar-refractivity contribution in [2.75, 3.05) is 32.6 Å². The second kappa shape index (κ2) is 4.71. The van der Waals surface area contributed by atoms with Gasteiger partial charge in [0.2, 0.25) is 5.91 Å². The van der Waals surface area contributed by atoms with Crippen LogP contribution in [0.4, 0.5) is 0 Å². The fourth-order valence-corrected chi connectivity index (χ4v) is 1.83. The Hall–Kier alpha value is -0.280. The molecule has 1 saturated heterocycles. The van der Waals surface area contributed by atoms with Gasteiger partial charge in [0.05, 0.1) is 5.41 Å². The van der Waals surface area contributed by atoms with Crippen molar-refractivity contribution >= 4 is 17.5 Å². The summed E-state index contributed by atoms with van der Waals surface area (Å²) >= 11 is 5.81. The molecule has 0 saturated carbocycles. The maximum atomic E-state index is 12.1. The molecule has 0 radical (unpaired) electrons. The second-order valence-electron chi connectivity index (χ2n) is 5.10. The number of carbonyl (C=O) groups is 1. The van der Waals surface area contributed by atoms with E-state index in [1.54, 1.807) is 0 Å². The molecule has 1 atom stereocenters. The predicted molar refractivity (Wildman–Crippen MR) is 63.2 cm³/mol. The largest absolute Gasteiger partial charge is 0.339 e. The van der Waals surface area contributed by atoms with Gasteiger partial charge in [-0.25, -0.2) is 0 Å². The number of likely N-dealkylation sites (N-methyl/N-ethyl adjacent to an activating group) is 1. The first kappa shape index (κ1) is 12.8. The van der Waals surface area contributed by atoms with Crippen LogP contribution in [-0.2, 0) is 4.79 Å². The van der Waals surface area contributed by atoms with Crippen molar-refractivity contribution in [3.63, 3.8) is 0 Å². The molecule has 1 unspecified atom stereocenters. The number of hydrogen-bond donors (Lipinski definition) is 0. The lowest BCUT2D eigenvalue weighted by atomic mass is 9.93. The minimum absolute atomic E-state index is 0.178. The summed E-state index contributed by atoms with van der Waals surface area (Å²) in [6.45, 7) is 8.55. The molecule has 3 nitrogen and oxygen atoms in total. The lowest BCUT2D eigenvalue weighted by molar-refractivity contribution is -0.141. The summed E-state index contributed by atoms with van der Waals surface area (Å²) in [5.41, 5.74) is -0.433. The standard InChI is InChI=1S/C11H21ClN2O/c1-9-7-14(6-5-13(9)4)10(15)11(2,3)8-12/h9H,5-8H2,1-4H3. The van der Waals surface area contributed by atoms with Crippen LogP contribution in [0.1, 0.15) is 20.8 Å². The Morgan fingerprint density at radius 1 is 1.47 bits per heavy atom. The molecule has 1 fully saturated rings. The van der Waals surface area contributed by atoms with E-state index in [2.05, 4.69) is 18.9 Å². The molecule has 15 heavy (non-hydrogen) atoms. The highest BCUT2D eigenvalue weighted by Gasteiger charge is 2.34. The zero-order valence-electron chi connectivity index (χ0n) is 10.1. The summed E-state index contributed by atoms with van der Waals surface area (Å²) < 4.78 is 0. The van der Waals surface area contributed by atoms with E-state index in [0.29, 0.717) is 11.9 Å². The number of nitrogens with zero attached hydrogens (tertiary/aromatic N) is 2. The predicted octanol–water partition coefficient (Wildman–Crippen LogP) is 1.41. The van der Waals surface area contributed by atoms with E-state index in [1.807, 2.05) is 18.7 Å². The van der Waals surface area contributed by atoms with E-state index < -0.39 is 5.41 Å². The number of halogens is 1. The van der Waals surface area contributed by atoms with Crippen LogP contribution in [-0.4, -0.2) is 54.3 Å². The molecule has 0 aromatic rings. The van der Waals surface area contributed by atoms with E-state index >= 15 is 0 Å². The zero-order valence-corrected chi connectivity index (χ0v) is 10.8. The monoisotopic (exact) mass is 232 g/mol. The number of alkyl halides is 1. The van der Waals surface area contributed by atoms with E-state index in [-0.39, 0.29) is 5.91 Å². The molecule has 0 aliphatic carbocycles. The third-order valence-corrected chi connectivity index (χ3v) is 3.83. The summed E-state index contributed by atoms with van der Waals surface area (Å²) in [5, 5.41) is 0. The average molecular weight is 233 g/mol. The number of rotatable bonds is 2. The fourth-order valence-electron chi connectivity index (χ4n) is 1.72. The molecule has 1 amide bonds. The Kier molecular flexibility index (Phi) is 4.01. The SMILES string of the molecule is CC1CN(C(=O)C(C)(C)CCl)CCN1C. The van der Waals surface area contributed by atoms with Gasteiger partial charge in [0, 0.05) is 31.6 Å². The second-order valence-corrected chi connectivity index (χ2v) is 5.37. The number of carbonyl (C=O) groups excluding carboxylic acids is 1. The van der Waals surface area contributed by atoms with Gasteiger partial charge in [-0.15, -0.1) is 11.6 Å². The van der Waals surface area contributed by atoms with Crippen molar-refractivity contribution in [3.05, 3.63) is 0 Å². The first-order chi connectivity index (χ1) is 6.88. The van der Waals surface area contributed by atoms with Crippen molar-refractivity contribution in [3.8, 4) is 0 Å². The van der Waals surface area contributed by atoms with Gasteiger partial charge in [-0.2, -0.15) is 0 Å². The van der Waals surface area contributed by atoms with Crippen molar-refractivity contribution in [1.29, 1.82) is 0 Å². The number of hydrogen-bond acceptors (Lipinski definition) is 2. The first-order valence-corrected chi connectivity index (χ1v) is 5.97. The maximum Gasteiger partial charge on any atom is 0.229 e.